The van der Waals surface area contributed by atoms with Crippen LogP contribution in [0.1, 0.15) is 52.9 Å². The summed E-state index contributed by atoms with van der Waals surface area (Å²) >= 11 is 0. The van der Waals surface area contributed by atoms with Crippen LogP contribution >= 0.6 is 0 Å². The number of hydrogen-bond acceptors (Lipinski definition) is 1. The predicted molar refractivity (Wildman–Crippen MR) is 63.3 cm³/mol. The molecule has 0 heterocycles. The standard InChI is InChI=1S/C12H22.CH4O/c1-4-5-6-12-8-7-10(2)9-11(12)3;1-2/h9,11-12H,4-8H2,1-3H3;2H,1H3. The van der Waals surface area contributed by atoms with Gasteiger partial charge in [0.15, 0.2) is 0 Å². The lowest BCUT2D eigenvalue weighted by atomic mass is 9.79. The lowest BCUT2D eigenvalue weighted by Crippen LogP contribution is -2.14. The summed E-state index contributed by atoms with van der Waals surface area (Å²) in [5, 5.41) is 7.00. The van der Waals surface area contributed by atoms with Gasteiger partial charge in [0.05, 0.1) is 0 Å². The van der Waals surface area contributed by atoms with E-state index in [-0.39, 0.29) is 0 Å². The van der Waals surface area contributed by atoms with Gasteiger partial charge in [0, 0.05) is 7.11 Å². The smallest absolute Gasteiger partial charge is 0.0319 e. The first-order chi connectivity index (χ1) is 6.74. The first kappa shape index (κ1) is 13.7. The van der Waals surface area contributed by atoms with Gasteiger partial charge < -0.3 is 5.11 Å². The van der Waals surface area contributed by atoms with Crippen molar-refractivity contribution in [1.82, 2.24) is 0 Å². The molecule has 0 spiro atoms. The van der Waals surface area contributed by atoms with Crippen molar-refractivity contribution >= 4 is 0 Å². The SMILES string of the molecule is CCCCC1CCC(C)=CC1C.CO. The van der Waals surface area contributed by atoms with Crippen molar-refractivity contribution in [2.75, 3.05) is 7.11 Å². The quantitative estimate of drug-likeness (QED) is 0.684. The highest BCUT2D eigenvalue weighted by Gasteiger charge is 2.18. The number of aliphatic hydroxyl groups excluding tert-OH is 1. The van der Waals surface area contributed by atoms with Crippen molar-refractivity contribution in [3.63, 3.8) is 0 Å². The Bertz CT molecular complexity index is 161. The first-order valence-electron chi connectivity index (χ1n) is 5.86. The Morgan fingerprint density at radius 1 is 1.43 bits per heavy atom. The average Bonchev–Trinajstić information content (AvgIpc) is 2.20. The van der Waals surface area contributed by atoms with Crippen LogP contribution < -0.4 is 0 Å². The number of rotatable bonds is 3. The Kier molecular flexibility index (Phi) is 7.87. The summed E-state index contributed by atoms with van der Waals surface area (Å²) in [5.41, 5.74) is 1.61. The van der Waals surface area contributed by atoms with Crippen LogP contribution in [0.15, 0.2) is 11.6 Å². The second-order valence-electron chi connectivity index (χ2n) is 4.31. The maximum absolute atomic E-state index is 7.00. The van der Waals surface area contributed by atoms with Crippen molar-refractivity contribution in [3.05, 3.63) is 11.6 Å². The molecular formula is C13H26O. The molecule has 0 aromatic rings. The highest BCUT2D eigenvalue weighted by molar-refractivity contribution is 5.05. The molecule has 0 radical (unpaired) electrons. The van der Waals surface area contributed by atoms with Crippen LogP contribution in [-0.4, -0.2) is 12.2 Å². The molecule has 1 aliphatic rings. The minimum atomic E-state index is 0.838. The molecule has 0 bridgehead atoms. The molecule has 1 N–H and O–H groups in total. The summed E-state index contributed by atoms with van der Waals surface area (Å²) in [6.45, 7) is 6.93. The Balaban J connectivity index is 0.000000791. The molecule has 1 rings (SSSR count). The van der Waals surface area contributed by atoms with Gasteiger partial charge in [0.25, 0.3) is 0 Å². The van der Waals surface area contributed by atoms with E-state index in [0.29, 0.717) is 0 Å². The number of unbranched alkanes of at least 4 members (excludes halogenated alkanes) is 1. The van der Waals surface area contributed by atoms with Crippen LogP contribution in [0, 0.1) is 11.8 Å². The highest BCUT2D eigenvalue weighted by Crippen LogP contribution is 2.31. The normalized spacial score (nSPS) is 26.2. The molecule has 2 atom stereocenters. The summed E-state index contributed by atoms with van der Waals surface area (Å²) in [5.74, 6) is 1.82. The van der Waals surface area contributed by atoms with E-state index < -0.39 is 0 Å². The summed E-state index contributed by atoms with van der Waals surface area (Å²) in [7, 11) is 1.00. The minimum Gasteiger partial charge on any atom is -0.400 e. The third-order valence-corrected chi connectivity index (χ3v) is 3.13. The Labute approximate surface area is 89.2 Å². The lowest BCUT2D eigenvalue weighted by Gasteiger charge is -2.26. The second-order valence-corrected chi connectivity index (χ2v) is 4.31. The highest BCUT2D eigenvalue weighted by atomic mass is 16.2. The minimum absolute atomic E-state index is 0.838. The van der Waals surface area contributed by atoms with E-state index in [1.54, 1.807) is 5.57 Å². The Morgan fingerprint density at radius 2 is 2.07 bits per heavy atom. The molecule has 0 aliphatic heterocycles. The average molecular weight is 198 g/mol. The van der Waals surface area contributed by atoms with E-state index in [1.807, 2.05) is 0 Å². The molecule has 0 amide bonds. The predicted octanol–water partition coefficient (Wildman–Crippen LogP) is 3.78. The van der Waals surface area contributed by atoms with E-state index in [1.165, 1.54) is 32.1 Å². The van der Waals surface area contributed by atoms with Crippen molar-refractivity contribution < 1.29 is 5.11 Å². The number of hydrogen-bond donors (Lipinski definition) is 1. The maximum Gasteiger partial charge on any atom is 0.0319 e. The molecule has 2 unspecified atom stereocenters. The molecule has 1 aliphatic carbocycles. The fraction of sp³-hybridized carbons (Fsp3) is 0.846. The summed E-state index contributed by atoms with van der Waals surface area (Å²) in [6, 6.07) is 0. The van der Waals surface area contributed by atoms with Gasteiger partial charge >= 0.3 is 0 Å². The van der Waals surface area contributed by atoms with Crippen molar-refractivity contribution in [3.8, 4) is 0 Å². The second kappa shape index (κ2) is 8.05. The number of allylic oxidation sites excluding steroid dienone is 2. The molecule has 0 saturated heterocycles. The van der Waals surface area contributed by atoms with Crippen LogP contribution in [0.4, 0.5) is 0 Å². The first-order valence-corrected chi connectivity index (χ1v) is 5.86. The molecule has 0 fully saturated rings. The monoisotopic (exact) mass is 198 g/mol. The van der Waals surface area contributed by atoms with Crippen molar-refractivity contribution in [2.45, 2.75) is 52.9 Å². The third kappa shape index (κ3) is 4.80. The van der Waals surface area contributed by atoms with E-state index in [0.717, 1.165) is 18.9 Å². The van der Waals surface area contributed by atoms with Gasteiger partial charge in [-0.25, -0.2) is 0 Å². The van der Waals surface area contributed by atoms with Gasteiger partial charge in [-0.1, -0.05) is 38.3 Å². The van der Waals surface area contributed by atoms with Gasteiger partial charge in [0.2, 0.25) is 0 Å². The zero-order chi connectivity index (χ0) is 11.0. The van der Waals surface area contributed by atoms with E-state index in [4.69, 9.17) is 5.11 Å². The van der Waals surface area contributed by atoms with Gasteiger partial charge in [-0.05, 0) is 38.0 Å². The zero-order valence-electron chi connectivity index (χ0n) is 10.2. The fourth-order valence-electron chi connectivity index (χ4n) is 2.22. The van der Waals surface area contributed by atoms with E-state index in [9.17, 15) is 0 Å². The summed E-state index contributed by atoms with van der Waals surface area (Å²) < 4.78 is 0. The topological polar surface area (TPSA) is 20.2 Å². The molecule has 0 aromatic heterocycles. The molecule has 0 aromatic carbocycles. The Hall–Kier alpha value is -0.300. The van der Waals surface area contributed by atoms with Crippen LogP contribution in [0.2, 0.25) is 0 Å². The van der Waals surface area contributed by atoms with Gasteiger partial charge in [-0.15, -0.1) is 0 Å². The van der Waals surface area contributed by atoms with Crippen LogP contribution in [0.3, 0.4) is 0 Å². The van der Waals surface area contributed by atoms with E-state index in [2.05, 4.69) is 26.8 Å². The number of aliphatic hydroxyl groups is 1. The summed E-state index contributed by atoms with van der Waals surface area (Å²) in [4.78, 5) is 0. The van der Waals surface area contributed by atoms with Crippen LogP contribution in [0.25, 0.3) is 0 Å². The molecule has 14 heavy (non-hydrogen) atoms. The van der Waals surface area contributed by atoms with Crippen LogP contribution in [0.5, 0.6) is 0 Å². The van der Waals surface area contributed by atoms with Crippen LogP contribution in [-0.2, 0) is 0 Å². The zero-order valence-corrected chi connectivity index (χ0v) is 10.2. The summed E-state index contributed by atoms with van der Waals surface area (Å²) in [6.07, 6.45) is 9.47. The van der Waals surface area contributed by atoms with Gasteiger partial charge in [-0.3, -0.25) is 0 Å². The molecule has 84 valence electrons. The van der Waals surface area contributed by atoms with Crippen molar-refractivity contribution in [1.29, 1.82) is 0 Å². The molecule has 1 nitrogen and oxygen atoms in total. The van der Waals surface area contributed by atoms with E-state index >= 15 is 0 Å². The Morgan fingerprint density at radius 3 is 2.57 bits per heavy atom. The van der Waals surface area contributed by atoms with Gasteiger partial charge in [-0.2, -0.15) is 0 Å². The van der Waals surface area contributed by atoms with Gasteiger partial charge in [0.1, 0.15) is 0 Å². The largest absolute Gasteiger partial charge is 0.400 e. The lowest BCUT2D eigenvalue weighted by molar-refractivity contribution is 0.338. The molecule has 1 heteroatoms. The molecule has 0 saturated carbocycles. The third-order valence-electron chi connectivity index (χ3n) is 3.13. The fourth-order valence-corrected chi connectivity index (χ4v) is 2.22. The maximum atomic E-state index is 7.00. The molecular weight excluding hydrogens is 172 g/mol. The van der Waals surface area contributed by atoms with Crippen molar-refractivity contribution in [2.24, 2.45) is 11.8 Å².